The molecule has 3 aliphatic heterocycles. The van der Waals surface area contributed by atoms with E-state index in [1.54, 1.807) is 0 Å². The minimum atomic E-state index is 0.117. The molecule has 0 unspecified atom stereocenters. The second-order valence-corrected chi connectivity index (χ2v) is 6.32. The van der Waals surface area contributed by atoms with Crippen LogP contribution in [0, 0.1) is 6.92 Å². The first-order valence-electron chi connectivity index (χ1n) is 8.26. The quantitative estimate of drug-likeness (QED) is 0.754. The molecule has 3 saturated heterocycles. The second kappa shape index (κ2) is 6.18. The molecule has 0 amide bonds. The Labute approximate surface area is 135 Å². The number of rotatable bonds is 2. The maximum absolute atomic E-state index is 5.78. The van der Waals surface area contributed by atoms with Crippen molar-refractivity contribution < 1.29 is 14.2 Å². The van der Waals surface area contributed by atoms with Crippen LogP contribution in [0.5, 0.6) is 0 Å². The number of aromatic nitrogens is 3. The van der Waals surface area contributed by atoms with Crippen molar-refractivity contribution in [2.24, 2.45) is 0 Å². The van der Waals surface area contributed by atoms with E-state index in [0.717, 1.165) is 31.4 Å². The molecule has 0 N–H and O–H groups in total. The monoisotopic (exact) mass is 321 g/mol. The Kier molecular flexibility index (Phi) is 4.04. The zero-order valence-corrected chi connectivity index (χ0v) is 13.6. The lowest BCUT2D eigenvalue weighted by Gasteiger charge is -2.33. The molecule has 3 aliphatic rings. The summed E-state index contributed by atoms with van der Waals surface area (Å²) in [5.41, 5.74) is 0. The topological polar surface area (TPSA) is 72.8 Å². The lowest BCUT2D eigenvalue weighted by atomic mass is 10.2. The molecule has 4 heterocycles. The first-order valence-corrected chi connectivity index (χ1v) is 8.26. The van der Waals surface area contributed by atoms with Gasteiger partial charge >= 0.3 is 0 Å². The molecule has 0 saturated carbocycles. The third kappa shape index (κ3) is 2.98. The van der Waals surface area contributed by atoms with Crippen molar-refractivity contribution >= 4 is 11.9 Å². The first kappa shape index (κ1) is 15.0. The predicted octanol–water partition coefficient (Wildman–Crippen LogP) is 0.00912. The summed E-state index contributed by atoms with van der Waals surface area (Å²) in [5, 5.41) is 0. The van der Waals surface area contributed by atoms with Crippen molar-refractivity contribution in [1.29, 1.82) is 0 Å². The molecule has 0 aromatic carbocycles. The highest BCUT2D eigenvalue weighted by Gasteiger charge is 2.38. The average Bonchev–Trinajstić information content (AvgIpc) is 2.99. The van der Waals surface area contributed by atoms with Crippen LogP contribution in [0.1, 0.15) is 12.7 Å². The van der Waals surface area contributed by atoms with E-state index < -0.39 is 0 Å². The summed E-state index contributed by atoms with van der Waals surface area (Å²) >= 11 is 0. The normalized spacial score (nSPS) is 31.3. The van der Waals surface area contributed by atoms with Crippen molar-refractivity contribution in [3.05, 3.63) is 5.82 Å². The van der Waals surface area contributed by atoms with E-state index in [-0.39, 0.29) is 18.2 Å². The van der Waals surface area contributed by atoms with E-state index in [0.29, 0.717) is 32.4 Å². The van der Waals surface area contributed by atoms with E-state index in [1.165, 1.54) is 0 Å². The highest BCUT2D eigenvalue weighted by molar-refractivity contribution is 5.41. The van der Waals surface area contributed by atoms with Crippen molar-refractivity contribution in [3.8, 4) is 0 Å². The van der Waals surface area contributed by atoms with Crippen LogP contribution in [-0.2, 0) is 14.2 Å². The summed E-state index contributed by atoms with van der Waals surface area (Å²) in [6, 6.07) is 0.270. The maximum Gasteiger partial charge on any atom is 0.230 e. The largest absolute Gasteiger partial charge is 0.377 e. The minimum Gasteiger partial charge on any atom is -0.377 e. The Balaban J connectivity index is 1.57. The van der Waals surface area contributed by atoms with Gasteiger partial charge in [0.15, 0.2) is 0 Å². The van der Waals surface area contributed by atoms with E-state index in [1.807, 2.05) is 6.92 Å². The fraction of sp³-hybridized carbons (Fsp3) is 0.800. The first-order chi connectivity index (χ1) is 11.2. The number of aryl methyl sites for hydroxylation is 1. The summed E-state index contributed by atoms with van der Waals surface area (Å²) in [6.07, 6.45) is 0.234. The Bertz CT molecular complexity index is 558. The van der Waals surface area contributed by atoms with Crippen LogP contribution in [0.4, 0.5) is 11.9 Å². The fourth-order valence-electron chi connectivity index (χ4n) is 3.37. The molecule has 8 heteroatoms. The Morgan fingerprint density at radius 2 is 1.65 bits per heavy atom. The molecule has 23 heavy (non-hydrogen) atoms. The van der Waals surface area contributed by atoms with Crippen LogP contribution in [0.2, 0.25) is 0 Å². The molecule has 1 aromatic rings. The SMILES string of the molecule is Cc1nc(N2C[C@@H]3OCCO[C@@H]3C2)nc(N2CCOC[C@H]2C)n1. The van der Waals surface area contributed by atoms with E-state index in [2.05, 4.69) is 26.7 Å². The number of ether oxygens (including phenoxy) is 3. The van der Waals surface area contributed by atoms with Crippen LogP contribution < -0.4 is 9.80 Å². The highest BCUT2D eigenvalue weighted by atomic mass is 16.6. The van der Waals surface area contributed by atoms with Crippen LogP contribution in [0.25, 0.3) is 0 Å². The summed E-state index contributed by atoms with van der Waals surface area (Å²) < 4.78 is 17.1. The van der Waals surface area contributed by atoms with Crippen molar-refractivity contribution in [2.75, 3.05) is 55.9 Å². The van der Waals surface area contributed by atoms with Gasteiger partial charge in [-0.25, -0.2) is 0 Å². The van der Waals surface area contributed by atoms with Gasteiger partial charge in [0.05, 0.1) is 32.5 Å². The summed E-state index contributed by atoms with van der Waals surface area (Å²) in [4.78, 5) is 18.1. The van der Waals surface area contributed by atoms with Crippen molar-refractivity contribution in [3.63, 3.8) is 0 Å². The van der Waals surface area contributed by atoms with Crippen molar-refractivity contribution in [2.45, 2.75) is 32.1 Å². The number of nitrogens with zero attached hydrogens (tertiary/aromatic N) is 5. The van der Waals surface area contributed by atoms with Gasteiger partial charge in [-0.1, -0.05) is 0 Å². The third-order valence-corrected chi connectivity index (χ3v) is 4.59. The molecule has 3 atom stereocenters. The highest BCUT2D eigenvalue weighted by Crippen LogP contribution is 2.25. The van der Waals surface area contributed by atoms with Gasteiger partial charge in [0.2, 0.25) is 11.9 Å². The molecule has 1 aromatic heterocycles. The summed E-state index contributed by atoms with van der Waals surface area (Å²) in [6.45, 7) is 9.14. The minimum absolute atomic E-state index is 0.117. The molecular weight excluding hydrogens is 298 g/mol. The molecular formula is C15H23N5O3. The number of anilines is 2. The van der Waals surface area contributed by atoms with E-state index in [9.17, 15) is 0 Å². The molecule has 8 nitrogen and oxygen atoms in total. The van der Waals surface area contributed by atoms with Crippen LogP contribution in [-0.4, -0.2) is 79.3 Å². The van der Waals surface area contributed by atoms with Crippen LogP contribution in [0.15, 0.2) is 0 Å². The van der Waals surface area contributed by atoms with Gasteiger partial charge in [0.1, 0.15) is 18.0 Å². The Hall–Kier alpha value is -1.51. The lowest BCUT2D eigenvalue weighted by molar-refractivity contribution is -0.116. The number of hydrogen-bond donors (Lipinski definition) is 0. The predicted molar refractivity (Wildman–Crippen MR) is 83.9 cm³/mol. The van der Waals surface area contributed by atoms with Gasteiger partial charge in [-0.2, -0.15) is 15.0 Å². The van der Waals surface area contributed by atoms with Gasteiger partial charge in [-0.3, -0.25) is 0 Å². The zero-order valence-electron chi connectivity index (χ0n) is 13.6. The molecule has 4 rings (SSSR count). The number of fused-ring (bicyclic) bond motifs is 1. The average molecular weight is 321 g/mol. The van der Waals surface area contributed by atoms with Crippen molar-refractivity contribution in [1.82, 2.24) is 15.0 Å². The number of hydrogen-bond acceptors (Lipinski definition) is 8. The maximum atomic E-state index is 5.78. The molecule has 0 aliphatic carbocycles. The number of morpholine rings is 1. The summed E-state index contributed by atoms with van der Waals surface area (Å²) in [5.74, 6) is 2.19. The second-order valence-electron chi connectivity index (χ2n) is 6.32. The lowest BCUT2D eigenvalue weighted by Crippen LogP contribution is -2.45. The van der Waals surface area contributed by atoms with Gasteiger partial charge in [-0.15, -0.1) is 0 Å². The molecule has 3 fully saturated rings. The Morgan fingerprint density at radius 3 is 2.35 bits per heavy atom. The van der Waals surface area contributed by atoms with E-state index in [4.69, 9.17) is 19.2 Å². The fourth-order valence-corrected chi connectivity index (χ4v) is 3.37. The van der Waals surface area contributed by atoms with Gasteiger partial charge in [0.25, 0.3) is 0 Å². The molecule has 0 radical (unpaired) electrons. The Morgan fingerprint density at radius 1 is 0.957 bits per heavy atom. The zero-order chi connectivity index (χ0) is 15.8. The van der Waals surface area contributed by atoms with Gasteiger partial charge in [-0.05, 0) is 13.8 Å². The van der Waals surface area contributed by atoms with Gasteiger partial charge in [0, 0.05) is 19.6 Å². The van der Waals surface area contributed by atoms with Gasteiger partial charge < -0.3 is 24.0 Å². The third-order valence-electron chi connectivity index (χ3n) is 4.59. The smallest absolute Gasteiger partial charge is 0.230 e. The molecule has 0 bridgehead atoms. The summed E-state index contributed by atoms with van der Waals surface area (Å²) in [7, 11) is 0. The molecule has 126 valence electrons. The standard InChI is InChI=1S/C15H23N5O3/c1-10-9-21-4-3-20(10)15-17-11(2)16-14(18-15)19-7-12-13(8-19)23-6-5-22-12/h10,12-13H,3-9H2,1-2H3/t10-,12-,13+/m1/s1. The van der Waals surface area contributed by atoms with Crippen LogP contribution >= 0.6 is 0 Å². The molecule has 0 spiro atoms. The van der Waals surface area contributed by atoms with E-state index >= 15 is 0 Å². The van der Waals surface area contributed by atoms with Crippen LogP contribution in [0.3, 0.4) is 0 Å².